The van der Waals surface area contributed by atoms with Crippen LogP contribution in [0.25, 0.3) is 10.9 Å². The van der Waals surface area contributed by atoms with Crippen LogP contribution in [0.4, 0.5) is 0 Å². The third-order valence-electron chi connectivity index (χ3n) is 6.55. The van der Waals surface area contributed by atoms with Gasteiger partial charge in [0.15, 0.2) is 15.6 Å². The lowest BCUT2D eigenvalue weighted by Crippen LogP contribution is -2.27. The molecule has 1 atom stereocenters. The van der Waals surface area contributed by atoms with Crippen LogP contribution in [0.15, 0.2) is 35.5 Å². The van der Waals surface area contributed by atoms with E-state index in [-0.39, 0.29) is 22.3 Å². The molecule has 8 nitrogen and oxygen atoms in total. The first-order chi connectivity index (χ1) is 15.8. The Morgan fingerprint density at radius 1 is 1.21 bits per heavy atom. The molecular weight excluding hydrogens is 464 g/mol. The van der Waals surface area contributed by atoms with E-state index in [2.05, 4.69) is 10.2 Å². The van der Waals surface area contributed by atoms with Crippen molar-refractivity contribution in [2.24, 2.45) is 13.0 Å². The molecule has 0 N–H and O–H groups in total. The smallest absolute Gasteiger partial charge is 0.182 e. The zero-order valence-electron chi connectivity index (χ0n) is 18.5. The Labute approximate surface area is 197 Å². The van der Waals surface area contributed by atoms with Gasteiger partial charge in [-0.25, -0.2) is 8.42 Å². The van der Waals surface area contributed by atoms with E-state index in [0.29, 0.717) is 60.0 Å². The monoisotopic (exact) mass is 490 g/mol. The Balaban J connectivity index is 1.53. The van der Waals surface area contributed by atoms with Crippen LogP contribution in [0, 0.1) is 5.92 Å². The Morgan fingerprint density at radius 2 is 1.97 bits per heavy atom. The maximum Gasteiger partial charge on any atom is 0.182 e. The number of ketones is 1. The number of ether oxygens (including phenoxy) is 1. The van der Waals surface area contributed by atoms with Crippen molar-refractivity contribution >= 4 is 38.1 Å². The number of rotatable bonds is 8. The number of sulfone groups is 1. The number of hydrogen-bond donors (Lipinski definition) is 0. The molecule has 33 heavy (non-hydrogen) atoms. The highest BCUT2D eigenvalue weighted by molar-refractivity contribution is 7.92. The van der Waals surface area contributed by atoms with Gasteiger partial charge in [0.25, 0.3) is 0 Å². The number of carbonyl (C=O) groups excluding carboxylic acids is 1. The third-order valence-corrected chi connectivity index (χ3v) is 9.07. The van der Waals surface area contributed by atoms with Crippen molar-refractivity contribution in [1.29, 1.82) is 0 Å². The van der Waals surface area contributed by atoms with Gasteiger partial charge in [-0.3, -0.25) is 14.2 Å². The number of aromatic nitrogens is 4. The molecule has 2 aromatic heterocycles. The van der Waals surface area contributed by atoms with E-state index in [1.807, 2.05) is 19.3 Å². The average molecular weight is 491 g/mol. The average Bonchev–Trinajstić information content (AvgIpc) is 3.46. The summed E-state index contributed by atoms with van der Waals surface area (Å²) in [4.78, 5) is 13.7. The van der Waals surface area contributed by atoms with Crippen LogP contribution in [-0.2, 0) is 32.8 Å². The van der Waals surface area contributed by atoms with Gasteiger partial charge in [0.05, 0.1) is 27.8 Å². The normalized spacial score (nSPS) is 18.6. The number of benzene rings is 1. The summed E-state index contributed by atoms with van der Waals surface area (Å²) in [6.45, 7) is 1.37. The van der Waals surface area contributed by atoms with Crippen LogP contribution in [0.1, 0.15) is 43.8 Å². The van der Waals surface area contributed by atoms with Crippen molar-refractivity contribution < 1.29 is 17.9 Å². The number of halogens is 1. The number of nitrogens with zero attached hydrogens (tertiary/aromatic N) is 4. The number of Topliss-reactive ketones (excluding diaryl/α,β-unsaturated/α-hetero) is 1. The first kappa shape index (κ1) is 22.6. The van der Waals surface area contributed by atoms with Gasteiger partial charge in [0.1, 0.15) is 6.04 Å². The van der Waals surface area contributed by atoms with Crippen LogP contribution >= 0.6 is 11.6 Å². The van der Waals surface area contributed by atoms with Gasteiger partial charge in [-0.1, -0.05) is 11.6 Å². The molecular formula is C23H27ClN4O4S. The van der Waals surface area contributed by atoms with Gasteiger partial charge >= 0.3 is 0 Å². The Hall–Kier alpha value is -2.23. The van der Waals surface area contributed by atoms with Gasteiger partial charge in [0.2, 0.25) is 0 Å². The molecule has 0 spiro atoms. The van der Waals surface area contributed by atoms with E-state index in [4.69, 9.17) is 16.3 Å². The second-order valence-electron chi connectivity index (χ2n) is 9.12. The summed E-state index contributed by atoms with van der Waals surface area (Å²) in [5, 5.41) is 9.49. The predicted octanol–water partition coefficient (Wildman–Crippen LogP) is 3.53. The molecule has 5 rings (SSSR count). The van der Waals surface area contributed by atoms with E-state index in [1.54, 1.807) is 21.6 Å². The summed E-state index contributed by atoms with van der Waals surface area (Å²) in [5.74, 6) is 0.340. The van der Waals surface area contributed by atoms with E-state index < -0.39 is 15.9 Å². The molecule has 0 bridgehead atoms. The quantitative estimate of drug-likeness (QED) is 0.479. The minimum absolute atomic E-state index is 0.00527. The van der Waals surface area contributed by atoms with E-state index in [0.717, 1.165) is 12.8 Å². The standard InChI is InChI=1S/C23H27ClN4O4S/c1-27-7-4-17(25-27)13-22(29)21(10-15-5-8-32-9-6-15)28-14-19-20(26-28)11-16(24)12-23(19)33(30,31)18-2-3-18/h4,7,11-12,14-15,18,21H,2-3,5-6,8-10,13H2,1H3. The minimum atomic E-state index is -3.47. The Bertz CT molecular complexity index is 1290. The molecule has 1 saturated carbocycles. The molecule has 1 unspecified atom stereocenters. The van der Waals surface area contributed by atoms with Gasteiger partial charge in [-0.2, -0.15) is 10.2 Å². The van der Waals surface area contributed by atoms with E-state index in [9.17, 15) is 13.2 Å². The lowest BCUT2D eigenvalue weighted by atomic mass is 9.90. The maximum atomic E-state index is 13.5. The van der Waals surface area contributed by atoms with Crippen molar-refractivity contribution in [2.45, 2.75) is 54.7 Å². The van der Waals surface area contributed by atoms with Gasteiger partial charge in [-0.15, -0.1) is 0 Å². The van der Waals surface area contributed by atoms with Crippen LogP contribution < -0.4 is 0 Å². The zero-order valence-corrected chi connectivity index (χ0v) is 20.1. The van der Waals surface area contributed by atoms with Crippen LogP contribution in [0.5, 0.6) is 0 Å². The minimum Gasteiger partial charge on any atom is -0.381 e. The molecule has 0 amide bonds. The number of fused-ring (bicyclic) bond motifs is 1. The summed E-state index contributed by atoms with van der Waals surface area (Å²) in [7, 11) is -1.65. The highest BCUT2D eigenvalue weighted by Crippen LogP contribution is 2.38. The fraction of sp³-hybridized carbons (Fsp3) is 0.522. The third kappa shape index (κ3) is 4.72. The van der Waals surface area contributed by atoms with Crippen LogP contribution in [0.3, 0.4) is 0 Å². The topological polar surface area (TPSA) is 96.1 Å². The molecule has 1 aliphatic carbocycles. The van der Waals surface area contributed by atoms with E-state index >= 15 is 0 Å². The van der Waals surface area contributed by atoms with Crippen molar-refractivity contribution in [3.8, 4) is 0 Å². The molecule has 3 heterocycles. The van der Waals surface area contributed by atoms with Gasteiger partial charge in [-0.05, 0) is 56.2 Å². The van der Waals surface area contributed by atoms with Crippen molar-refractivity contribution in [3.63, 3.8) is 0 Å². The first-order valence-electron chi connectivity index (χ1n) is 11.3. The largest absolute Gasteiger partial charge is 0.381 e. The summed E-state index contributed by atoms with van der Waals surface area (Å²) in [6, 6.07) is 4.49. The van der Waals surface area contributed by atoms with Gasteiger partial charge < -0.3 is 4.74 Å². The molecule has 10 heteroatoms. The second kappa shape index (κ2) is 8.85. The fourth-order valence-corrected chi connectivity index (χ4v) is 6.72. The maximum absolute atomic E-state index is 13.5. The molecule has 2 fully saturated rings. The lowest BCUT2D eigenvalue weighted by Gasteiger charge is -2.26. The highest BCUT2D eigenvalue weighted by atomic mass is 35.5. The Kier molecular flexibility index (Phi) is 6.05. The fourth-order valence-electron chi connectivity index (χ4n) is 4.57. The molecule has 3 aromatic rings. The molecule has 1 aliphatic heterocycles. The SMILES string of the molecule is Cn1ccc(CC(=O)C(CC2CCOCC2)n2cc3c(S(=O)(=O)C4CC4)cc(Cl)cc3n2)n1. The molecule has 2 aliphatic rings. The Morgan fingerprint density at radius 3 is 2.64 bits per heavy atom. The number of carbonyl (C=O) groups is 1. The van der Waals surface area contributed by atoms with Crippen LogP contribution in [0.2, 0.25) is 5.02 Å². The molecule has 176 valence electrons. The highest BCUT2D eigenvalue weighted by Gasteiger charge is 2.38. The molecule has 1 aromatic carbocycles. The summed E-state index contributed by atoms with van der Waals surface area (Å²) in [5.41, 5.74) is 1.19. The summed E-state index contributed by atoms with van der Waals surface area (Å²) >= 11 is 6.27. The predicted molar refractivity (Wildman–Crippen MR) is 124 cm³/mol. The van der Waals surface area contributed by atoms with Gasteiger partial charge in [0, 0.05) is 43.1 Å². The number of hydrogen-bond acceptors (Lipinski definition) is 6. The lowest BCUT2D eigenvalue weighted by molar-refractivity contribution is -0.122. The molecule has 0 radical (unpaired) electrons. The van der Waals surface area contributed by atoms with Crippen molar-refractivity contribution in [2.75, 3.05) is 13.2 Å². The zero-order chi connectivity index (χ0) is 23.2. The number of aryl methyl sites for hydroxylation is 1. The van der Waals surface area contributed by atoms with Crippen molar-refractivity contribution in [3.05, 3.63) is 41.3 Å². The second-order valence-corrected chi connectivity index (χ2v) is 11.8. The summed E-state index contributed by atoms with van der Waals surface area (Å²) < 4.78 is 34.9. The van der Waals surface area contributed by atoms with Crippen molar-refractivity contribution in [1.82, 2.24) is 19.6 Å². The first-order valence-corrected chi connectivity index (χ1v) is 13.2. The van der Waals surface area contributed by atoms with Crippen LogP contribution in [-0.4, -0.2) is 52.2 Å². The van der Waals surface area contributed by atoms with E-state index in [1.165, 1.54) is 6.07 Å². The molecule has 1 saturated heterocycles. The summed E-state index contributed by atoms with van der Waals surface area (Å²) in [6.07, 6.45) is 7.46.